The summed E-state index contributed by atoms with van der Waals surface area (Å²) in [5, 5.41) is 4.56. The first-order valence-electron chi connectivity index (χ1n) is 8.71. The van der Waals surface area contributed by atoms with Crippen LogP contribution >= 0.6 is 15.9 Å². The summed E-state index contributed by atoms with van der Waals surface area (Å²) in [6, 6.07) is 16.7. The molecule has 1 atom stereocenters. The van der Waals surface area contributed by atoms with Crippen LogP contribution in [-0.4, -0.2) is 16.5 Å². The lowest BCUT2D eigenvalue weighted by Crippen LogP contribution is -2.39. The summed E-state index contributed by atoms with van der Waals surface area (Å²) in [5.74, 6) is 0.104. The molecule has 3 nitrogen and oxygen atoms in total. The molecule has 1 N–H and O–H groups in total. The van der Waals surface area contributed by atoms with Crippen LogP contribution in [0.5, 0.6) is 0 Å². The molecule has 0 aliphatic heterocycles. The van der Waals surface area contributed by atoms with Crippen LogP contribution < -0.4 is 5.32 Å². The van der Waals surface area contributed by atoms with Crippen LogP contribution in [0.3, 0.4) is 0 Å². The first-order chi connectivity index (χ1) is 12.1. The van der Waals surface area contributed by atoms with Crippen LogP contribution in [0, 0.1) is 0 Å². The highest BCUT2D eigenvalue weighted by molar-refractivity contribution is 9.10. The second kappa shape index (κ2) is 6.68. The van der Waals surface area contributed by atoms with Gasteiger partial charge in [-0.05, 0) is 48.6 Å². The van der Waals surface area contributed by atoms with Gasteiger partial charge in [-0.25, -0.2) is 0 Å². The minimum atomic E-state index is 0.104. The zero-order valence-corrected chi connectivity index (χ0v) is 15.8. The number of aryl methyl sites for hydroxylation is 1. The number of nitrogens with one attached hydrogen (secondary N) is 1. The van der Waals surface area contributed by atoms with Gasteiger partial charge < -0.3 is 9.88 Å². The molecule has 1 aliphatic carbocycles. The Morgan fingerprint density at radius 2 is 2.08 bits per heavy atom. The fourth-order valence-electron chi connectivity index (χ4n) is 3.96. The van der Waals surface area contributed by atoms with Crippen molar-refractivity contribution in [1.82, 2.24) is 9.88 Å². The molecule has 1 amide bonds. The maximum Gasteiger partial charge on any atom is 0.224 e. The van der Waals surface area contributed by atoms with E-state index >= 15 is 0 Å². The minimum Gasteiger partial charge on any atom is -0.353 e. The van der Waals surface area contributed by atoms with Crippen molar-refractivity contribution in [2.24, 2.45) is 7.05 Å². The van der Waals surface area contributed by atoms with E-state index < -0.39 is 0 Å². The van der Waals surface area contributed by atoms with Crippen LogP contribution in [0.25, 0.3) is 10.9 Å². The van der Waals surface area contributed by atoms with Crippen molar-refractivity contribution in [2.45, 2.75) is 31.7 Å². The standard InChI is InChI=1S/C21H21BrN2O/c1-24-19-8-3-2-7-17(19)18-13-16(9-10-20(18)24)23-21(25)12-14-5-4-6-15(22)11-14/h2-8,11,16H,9-10,12-13H2,1H3,(H,23,25). The van der Waals surface area contributed by atoms with E-state index in [0.717, 1.165) is 29.3 Å². The topological polar surface area (TPSA) is 34.0 Å². The van der Waals surface area contributed by atoms with Crippen molar-refractivity contribution in [3.63, 3.8) is 0 Å². The molecule has 0 radical (unpaired) electrons. The number of nitrogens with zero attached hydrogens (tertiary/aromatic N) is 1. The van der Waals surface area contributed by atoms with E-state index in [2.05, 4.69) is 57.1 Å². The lowest BCUT2D eigenvalue weighted by molar-refractivity contribution is -0.121. The minimum absolute atomic E-state index is 0.104. The molecule has 0 saturated heterocycles. The molecule has 0 spiro atoms. The zero-order chi connectivity index (χ0) is 17.4. The van der Waals surface area contributed by atoms with E-state index in [4.69, 9.17) is 0 Å². The second-order valence-corrected chi connectivity index (χ2v) is 7.73. The van der Waals surface area contributed by atoms with E-state index in [1.165, 1.54) is 22.2 Å². The summed E-state index contributed by atoms with van der Waals surface area (Å²) in [7, 11) is 2.15. The monoisotopic (exact) mass is 396 g/mol. The van der Waals surface area contributed by atoms with Crippen molar-refractivity contribution < 1.29 is 4.79 Å². The number of halogens is 1. The van der Waals surface area contributed by atoms with Crippen LogP contribution in [0.15, 0.2) is 53.0 Å². The largest absolute Gasteiger partial charge is 0.353 e. The maximum absolute atomic E-state index is 12.4. The Balaban J connectivity index is 1.49. The predicted molar refractivity (Wildman–Crippen MR) is 105 cm³/mol. The Hall–Kier alpha value is -2.07. The number of hydrogen-bond acceptors (Lipinski definition) is 1. The molecule has 4 rings (SSSR count). The van der Waals surface area contributed by atoms with Gasteiger partial charge in [0, 0.05) is 34.2 Å². The Kier molecular flexibility index (Phi) is 4.38. The van der Waals surface area contributed by atoms with E-state index in [1.807, 2.05) is 24.3 Å². The second-order valence-electron chi connectivity index (χ2n) is 6.82. The highest BCUT2D eigenvalue weighted by Gasteiger charge is 2.25. The van der Waals surface area contributed by atoms with E-state index in [9.17, 15) is 4.79 Å². The highest BCUT2D eigenvalue weighted by atomic mass is 79.9. The summed E-state index contributed by atoms with van der Waals surface area (Å²) in [5.41, 5.74) is 5.14. The molecule has 0 fully saturated rings. The van der Waals surface area contributed by atoms with E-state index in [1.54, 1.807) is 0 Å². The smallest absolute Gasteiger partial charge is 0.224 e. The van der Waals surface area contributed by atoms with Crippen LogP contribution in [0.2, 0.25) is 0 Å². The van der Waals surface area contributed by atoms with Crippen molar-refractivity contribution in [3.05, 3.63) is 69.8 Å². The van der Waals surface area contributed by atoms with Crippen LogP contribution in [0.4, 0.5) is 0 Å². The summed E-state index contributed by atoms with van der Waals surface area (Å²) >= 11 is 3.46. The number of aromatic nitrogens is 1. The molecule has 3 aromatic rings. The summed E-state index contributed by atoms with van der Waals surface area (Å²) < 4.78 is 3.32. The number of carbonyl (C=O) groups excluding carboxylic acids is 1. The van der Waals surface area contributed by atoms with E-state index in [-0.39, 0.29) is 11.9 Å². The third kappa shape index (κ3) is 3.23. The molecule has 25 heavy (non-hydrogen) atoms. The number of amides is 1. The first-order valence-corrected chi connectivity index (χ1v) is 9.50. The first kappa shape index (κ1) is 16.4. The predicted octanol–water partition coefficient (Wildman–Crippen LogP) is 4.16. The summed E-state index contributed by atoms with van der Waals surface area (Å²) in [4.78, 5) is 12.4. The molecule has 0 saturated carbocycles. The van der Waals surface area contributed by atoms with Gasteiger partial charge in [0.15, 0.2) is 0 Å². The molecular formula is C21H21BrN2O. The van der Waals surface area contributed by atoms with Gasteiger partial charge in [0.05, 0.1) is 6.42 Å². The zero-order valence-electron chi connectivity index (χ0n) is 14.3. The third-order valence-corrected chi connectivity index (χ3v) is 5.64. The van der Waals surface area contributed by atoms with Gasteiger partial charge in [-0.3, -0.25) is 4.79 Å². The maximum atomic E-state index is 12.4. The summed E-state index contributed by atoms with van der Waals surface area (Å²) in [6.07, 6.45) is 3.36. The van der Waals surface area contributed by atoms with Gasteiger partial charge in [-0.1, -0.05) is 46.3 Å². The SMILES string of the molecule is Cn1c2c(c3ccccc31)CC(NC(=O)Cc1cccc(Br)c1)CC2. The van der Waals surface area contributed by atoms with Gasteiger partial charge in [0.25, 0.3) is 0 Å². The molecule has 2 aromatic carbocycles. The lowest BCUT2D eigenvalue weighted by Gasteiger charge is -2.24. The normalized spacial score (nSPS) is 16.6. The van der Waals surface area contributed by atoms with E-state index in [0.29, 0.717) is 6.42 Å². The van der Waals surface area contributed by atoms with Crippen molar-refractivity contribution >= 4 is 32.7 Å². The highest BCUT2D eigenvalue weighted by Crippen LogP contribution is 2.31. The van der Waals surface area contributed by atoms with Gasteiger partial charge in [0.2, 0.25) is 5.91 Å². The molecule has 0 bridgehead atoms. The lowest BCUT2D eigenvalue weighted by atomic mass is 9.91. The van der Waals surface area contributed by atoms with Gasteiger partial charge in [0.1, 0.15) is 0 Å². The Morgan fingerprint density at radius 1 is 1.24 bits per heavy atom. The van der Waals surface area contributed by atoms with Gasteiger partial charge in [-0.2, -0.15) is 0 Å². The van der Waals surface area contributed by atoms with Crippen LogP contribution in [-0.2, 0) is 31.1 Å². The van der Waals surface area contributed by atoms with Crippen LogP contribution in [0.1, 0.15) is 23.2 Å². The molecule has 1 aliphatic rings. The average molecular weight is 397 g/mol. The molecular weight excluding hydrogens is 376 g/mol. The fraction of sp³-hybridized carbons (Fsp3) is 0.286. The van der Waals surface area contributed by atoms with Gasteiger partial charge >= 0.3 is 0 Å². The van der Waals surface area contributed by atoms with Crippen molar-refractivity contribution in [2.75, 3.05) is 0 Å². The number of hydrogen-bond donors (Lipinski definition) is 1. The summed E-state index contributed by atoms with van der Waals surface area (Å²) in [6.45, 7) is 0. The quantitative estimate of drug-likeness (QED) is 0.708. The molecule has 1 unspecified atom stereocenters. The van der Waals surface area contributed by atoms with Crippen molar-refractivity contribution in [1.29, 1.82) is 0 Å². The average Bonchev–Trinajstić information content (AvgIpc) is 2.88. The number of fused-ring (bicyclic) bond motifs is 3. The Labute approximate surface area is 156 Å². The number of para-hydroxylation sites is 1. The third-order valence-electron chi connectivity index (χ3n) is 5.14. The fourth-order valence-corrected chi connectivity index (χ4v) is 4.41. The molecule has 128 valence electrons. The number of rotatable bonds is 3. The molecule has 4 heteroatoms. The van der Waals surface area contributed by atoms with Crippen molar-refractivity contribution in [3.8, 4) is 0 Å². The Bertz CT molecular complexity index is 944. The van der Waals surface area contributed by atoms with Gasteiger partial charge in [-0.15, -0.1) is 0 Å². The Morgan fingerprint density at radius 3 is 2.92 bits per heavy atom. The molecule has 1 heterocycles. The number of benzene rings is 2. The molecule has 1 aromatic heterocycles. The number of carbonyl (C=O) groups is 1.